The molecule has 0 saturated carbocycles. The van der Waals surface area contributed by atoms with Gasteiger partial charge < -0.3 is 29.0 Å². The Hall–Kier alpha value is -3.52. The van der Waals surface area contributed by atoms with Crippen molar-refractivity contribution in [1.82, 2.24) is 4.90 Å². The van der Waals surface area contributed by atoms with Crippen molar-refractivity contribution in [1.29, 1.82) is 0 Å². The Morgan fingerprint density at radius 1 is 1.06 bits per heavy atom. The minimum atomic E-state index is -0.882. The van der Waals surface area contributed by atoms with Crippen LogP contribution in [0.1, 0.15) is 36.6 Å². The van der Waals surface area contributed by atoms with E-state index in [2.05, 4.69) is 0 Å². The standard InChI is InChI=1S/C26H31NO7/c1-15(2)34-19-11-10-17(14-16(19)3)23(28)21-22(27(12-13-31-4)26(30)24(21)29)18-8-7-9-20(32-5)25(18)33-6/h7-11,14-15,22,28H,12-13H2,1-6H3/b23-21+. The van der Waals surface area contributed by atoms with Crippen molar-refractivity contribution < 1.29 is 33.6 Å². The van der Waals surface area contributed by atoms with Crippen LogP contribution in [0, 0.1) is 6.92 Å². The third kappa shape index (κ3) is 4.72. The lowest BCUT2D eigenvalue weighted by atomic mass is 9.94. The average Bonchev–Trinajstić information content (AvgIpc) is 3.07. The molecule has 0 bridgehead atoms. The highest BCUT2D eigenvalue weighted by Gasteiger charge is 2.47. The summed E-state index contributed by atoms with van der Waals surface area (Å²) in [6, 6.07) is 9.47. The summed E-state index contributed by atoms with van der Waals surface area (Å²) in [7, 11) is 4.51. The lowest BCUT2D eigenvalue weighted by Crippen LogP contribution is -2.32. The predicted octanol–water partition coefficient (Wildman–Crippen LogP) is 3.87. The Bertz CT molecular complexity index is 1110. The molecule has 1 unspecified atom stereocenters. The Morgan fingerprint density at radius 3 is 2.38 bits per heavy atom. The molecule has 1 fully saturated rings. The quantitative estimate of drug-likeness (QED) is 0.338. The largest absolute Gasteiger partial charge is 0.507 e. The zero-order valence-electron chi connectivity index (χ0n) is 20.4. The van der Waals surface area contributed by atoms with Gasteiger partial charge in [0, 0.05) is 24.8 Å². The zero-order chi connectivity index (χ0) is 25.0. The lowest BCUT2D eigenvalue weighted by molar-refractivity contribution is -0.140. The van der Waals surface area contributed by atoms with E-state index in [1.165, 1.54) is 26.2 Å². The number of ether oxygens (including phenoxy) is 4. The Kier molecular flexibility index (Phi) is 7.83. The second-order valence-electron chi connectivity index (χ2n) is 8.21. The molecule has 1 amide bonds. The third-order valence-corrected chi connectivity index (χ3v) is 5.62. The molecule has 2 aromatic rings. The number of ketones is 1. The van der Waals surface area contributed by atoms with Crippen molar-refractivity contribution in [2.24, 2.45) is 0 Å². The monoisotopic (exact) mass is 469 g/mol. The molecule has 1 N–H and O–H groups in total. The highest BCUT2D eigenvalue weighted by Crippen LogP contribution is 2.45. The number of amides is 1. The first-order chi connectivity index (χ1) is 16.2. The molecule has 1 atom stereocenters. The van der Waals surface area contributed by atoms with Gasteiger partial charge in [0.15, 0.2) is 11.5 Å². The molecule has 34 heavy (non-hydrogen) atoms. The van der Waals surface area contributed by atoms with Crippen molar-refractivity contribution in [3.8, 4) is 17.2 Å². The summed E-state index contributed by atoms with van der Waals surface area (Å²) in [6.07, 6.45) is -0.00946. The molecule has 0 aromatic heterocycles. The van der Waals surface area contributed by atoms with Crippen molar-refractivity contribution >= 4 is 17.4 Å². The topological polar surface area (TPSA) is 94.5 Å². The number of aliphatic hydroxyl groups excluding tert-OH is 1. The number of aryl methyl sites for hydroxylation is 1. The summed E-state index contributed by atoms with van der Waals surface area (Å²) < 4.78 is 21.9. The molecule has 2 aromatic carbocycles. The predicted molar refractivity (Wildman–Crippen MR) is 127 cm³/mol. The van der Waals surface area contributed by atoms with E-state index in [0.717, 1.165) is 5.56 Å². The van der Waals surface area contributed by atoms with Crippen LogP contribution in [0.4, 0.5) is 0 Å². The molecule has 8 heteroatoms. The molecular weight excluding hydrogens is 438 g/mol. The van der Waals surface area contributed by atoms with Gasteiger partial charge in [0.2, 0.25) is 0 Å². The van der Waals surface area contributed by atoms with E-state index in [1.807, 2.05) is 20.8 Å². The van der Waals surface area contributed by atoms with E-state index in [-0.39, 0.29) is 30.6 Å². The molecule has 1 aliphatic heterocycles. The molecule has 0 spiro atoms. The van der Waals surface area contributed by atoms with Crippen molar-refractivity contribution in [3.63, 3.8) is 0 Å². The van der Waals surface area contributed by atoms with Gasteiger partial charge in [-0.05, 0) is 50.6 Å². The molecular formula is C26H31NO7. The molecule has 3 rings (SSSR count). The van der Waals surface area contributed by atoms with Gasteiger partial charge in [-0.15, -0.1) is 0 Å². The molecule has 1 heterocycles. The number of carbonyl (C=O) groups excluding carboxylic acids is 2. The maximum atomic E-state index is 13.2. The van der Waals surface area contributed by atoms with E-state index in [0.29, 0.717) is 28.4 Å². The van der Waals surface area contributed by atoms with Crippen LogP contribution < -0.4 is 14.2 Å². The number of rotatable bonds is 9. The minimum absolute atomic E-state index is 0.00946. The first kappa shape index (κ1) is 25.1. The second-order valence-corrected chi connectivity index (χ2v) is 8.21. The fourth-order valence-electron chi connectivity index (χ4n) is 4.09. The highest BCUT2D eigenvalue weighted by molar-refractivity contribution is 6.46. The number of methoxy groups -OCH3 is 3. The van der Waals surface area contributed by atoms with Crippen molar-refractivity contribution in [2.45, 2.75) is 32.9 Å². The molecule has 1 saturated heterocycles. The third-order valence-electron chi connectivity index (χ3n) is 5.62. The molecule has 0 aliphatic carbocycles. The van der Waals surface area contributed by atoms with Crippen LogP contribution in [0.5, 0.6) is 17.2 Å². The molecule has 1 aliphatic rings. The van der Waals surface area contributed by atoms with Crippen LogP contribution in [-0.2, 0) is 14.3 Å². The SMILES string of the molecule is COCCN1C(=O)C(=O)/C(=C(/O)c2ccc(OC(C)C)c(C)c2)C1c1cccc(OC)c1OC. The summed E-state index contributed by atoms with van der Waals surface area (Å²) >= 11 is 0. The number of carbonyl (C=O) groups is 2. The van der Waals surface area contributed by atoms with E-state index in [9.17, 15) is 14.7 Å². The van der Waals surface area contributed by atoms with Crippen LogP contribution in [0.25, 0.3) is 5.76 Å². The maximum Gasteiger partial charge on any atom is 0.295 e. The maximum absolute atomic E-state index is 13.2. The zero-order valence-corrected chi connectivity index (χ0v) is 20.4. The number of Topliss-reactive ketones (excluding diaryl/α,β-unsaturated/α-hetero) is 1. The lowest BCUT2D eigenvalue weighted by Gasteiger charge is -2.27. The van der Waals surface area contributed by atoms with E-state index in [4.69, 9.17) is 18.9 Å². The number of likely N-dealkylation sites (tertiary alicyclic amines) is 1. The van der Waals surface area contributed by atoms with Crippen LogP contribution in [0.2, 0.25) is 0 Å². The van der Waals surface area contributed by atoms with Gasteiger partial charge in [-0.25, -0.2) is 0 Å². The van der Waals surface area contributed by atoms with Gasteiger partial charge in [0.05, 0.1) is 38.5 Å². The number of hydrogen-bond acceptors (Lipinski definition) is 7. The highest BCUT2D eigenvalue weighted by atomic mass is 16.5. The normalized spacial score (nSPS) is 17.4. The summed E-state index contributed by atoms with van der Waals surface area (Å²) in [5.74, 6) is -0.260. The van der Waals surface area contributed by atoms with Gasteiger partial charge in [-0.3, -0.25) is 9.59 Å². The minimum Gasteiger partial charge on any atom is -0.507 e. The molecule has 8 nitrogen and oxygen atoms in total. The van der Waals surface area contributed by atoms with E-state index in [1.54, 1.807) is 36.4 Å². The second kappa shape index (κ2) is 10.6. The van der Waals surface area contributed by atoms with Gasteiger partial charge >= 0.3 is 0 Å². The van der Waals surface area contributed by atoms with Gasteiger partial charge in [0.1, 0.15) is 11.5 Å². The smallest absolute Gasteiger partial charge is 0.295 e. The fourth-order valence-corrected chi connectivity index (χ4v) is 4.09. The first-order valence-electron chi connectivity index (χ1n) is 11.0. The molecule has 0 radical (unpaired) electrons. The number of benzene rings is 2. The van der Waals surface area contributed by atoms with Gasteiger partial charge in [-0.1, -0.05) is 12.1 Å². The Balaban J connectivity index is 2.21. The summed E-state index contributed by atoms with van der Waals surface area (Å²) in [5, 5.41) is 11.3. The first-order valence-corrected chi connectivity index (χ1v) is 11.0. The number of aliphatic hydroxyl groups is 1. The fraction of sp³-hybridized carbons (Fsp3) is 0.385. The van der Waals surface area contributed by atoms with Gasteiger partial charge in [0.25, 0.3) is 11.7 Å². The Morgan fingerprint density at radius 2 is 1.79 bits per heavy atom. The van der Waals surface area contributed by atoms with Crippen molar-refractivity contribution in [2.75, 3.05) is 34.5 Å². The number of nitrogens with zero attached hydrogens (tertiary/aromatic N) is 1. The number of para-hydroxylation sites is 1. The van der Waals surface area contributed by atoms with Gasteiger partial charge in [-0.2, -0.15) is 0 Å². The van der Waals surface area contributed by atoms with Crippen LogP contribution in [0.3, 0.4) is 0 Å². The Labute approximate surface area is 199 Å². The van der Waals surface area contributed by atoms with E-state index < -0.39 is 17.7 Å². The molecule has 182 valence electrons. The van der Waals surface area contributed by atoms with Crippen molar-refractivity contribution in [3.05, 3.63) is 58.7 Å². The van der Waals surface area contributed by atoms with Crippen LogP contribution in [-0.4, -0.2) is 62.3 Å². The average molecular weight is 470 g/mol. The summed E-state index contributed by atoms with van der Waals surface area (Å²) in [5.41, 5.74) is 1.70. The summed E-state index contributed by atoms with van der Waals surface area (Å²) in [6.45, 7) is 6.08. The summed E-state index contributed by atoms with van der Waals surface area (Å²) in [4.78, 5) is 27.6. The van der Waals surface area contributed by atoms with Crippen LogP contribution >= 0.6 is 0 Å². The van der Waals surface area contributed by atoms with Crippen LogP contribution in [0.15, 0.2) is 42.0 Å². The van der Waals surface area contributed by atoms with E-state index >= 15 is 0 Å². The number of hydrogen-bond donors (Lipinski definition) is 1.